The van der Waals surface area contributed by atoms with Crippen molar-refractivity contribution in [3.05, 3.63) is 42.6 Å². The van der Waals surface area contributed by atoms with Crippen LogP contribution in [-0.2, 0) is 38.7 Å². The zero-order valence-corrected chi connectivity index (χ0v) is 34.7. The van der Waals surface area contributed by atoms with Gasteiger partial charge in [0.2, 0.25) is 27.7 Å². The topological polar surface area (TPSA) is 167 Å². The van der Waals surface area contributed by atoms with Crippen LogP contribution in [0.2, 0.25) is 0 Å². The molecule has 7 atom stereocenters. The second-order valence-electron chi connectivity index (χ2n) is 17.7. The lowest BCUT2D eigenvalue weighted by atomic mass is 9.82. The van der Waals surface area contributed by atoms with Crippen LogP contribution in [0.15, 0.2) is 42.6 Å². The van der Waals surface area contributed by atoms with E-state index in [1.165, 1.54) is 4.90 Å². The average molecular weight is 826 g/mol. The number of nitrogens with one attached hydrogen (secondary N) is 1. The number of carbonyl (C=O) groups is 4. The number of ether oxygens (including phenoxy) is 4. The summed E-state index contributed by atoms with van der Waals surface area (Å²) < 4.78 is 64.5. The van der Waals surface area contributed by atoms with E-state index in [1.807, 2.05) is 50.3 Å². The summed E-state index contributed by atoms with van der Waals surface area (Å²) in [6, 6.07) is 6.40. The Hall–Kier alpha value is -4.11. The third kappa shape index (κ3) is 8.48. The smallest absolute Gasteiger partial charge is 0.307 e. The second-order valence-corrected chi connectivity index (χ2v) is 19.8. The number of carbonyl (C=O) groups excluding carboxylic acids is 4. The van der Waals surface area contributed by atoms with Crippen molar-refractivity contribution in [2.75, 3.05) is 33.5 Å². The Kier molecular flexibility index (Phi) is 12.0. The molecule has 13 nitrogen and oxygen atoms in total. The van der Waals surface area contributed by atoms with Gasteiger partial charge in [-0.05, 0) is 69.3 Å². The molecule has 2 aromatic rings. The summed E-state index contributed by atoms with van der Waals surface area (Å²) in [6.07, 6.45) is 7.89. The summed E-state index contributed by atoms with van der Waals surface area (Å²) in [5.41, 5.74) is -2.11. The molecule has 2 amide bonds. The fraction of sp³-hybridized carbons (Fsp3) is 0.651. The predicted molar refractivity (Wildman–Crippen MR) is 212 cm³/mol. The SMILES string of the molecule is COc1cnc(O[C@@H]2C[C@H]3C(=O)C[C@]4(C(=O)NS(=O)(=O)C5(CF)CC5)C[C@H]4/C=C\CC[C@@H](C)C[C@@H](C)[C@H](CC(=O)OC4(C)CCOCC4)C(=O)N3C2)c2ccccc12. The van der Waals surface area contributed by atoms with E-state index in [2.05, 4.69) is 16.6 Å². The Morgan fingerprint density at radius 1 is 1.07 bits per heavy atom. The molecule has 2 saturated carbocycles. The molecule has 58 heavy (non-hydrogen) atoms. The minimum absolute atomic E-state index is 0.01000. The van der Waals surface area contributed by atoms with Crippen molar-refractivity contribution in [3.8, 4) is 11.6 Å². The van der Waals surface area contributed by atoms with Gasteiger partial charge in [-0.15, -0.1) is 0 Å². The third-order valence-electron chi connectivity index (χ3n) is 13.3. The van der Waals surface area contributed by atoms with E-state index in [9.17, 15) is 27.2 Å². The Morgan fingerprint density at radius 3 is 2.48 bits per heavy atom. The maximum Gasteiger partial charge on any atom is 0.307 e. The van der Waals surface area contributed by atoms with Crippen LogP contribution in [0, 0.1) is 29.1 Å². The Morgan fingerprint density at radius 2 is 1.79 bits per heavy atom. The summed E-state index contributed by atoms with van der Waals surface area (Å²) >= 11 is 0. The molecule has 0 unspecified atom stereocenters. The van der Waals surface area contributed by atoms with Crippen molar-refractivity contribution in [3.63, 3.8) is 0 Å². The van der Waals surface area contributed by atoms with Gasteiger partial charge in [0.25, 0.3) is 0 Å². The van der Waals surface area contributed by atoms with Gasteiger partial charge < -0.3 is 23.8 Å². The van der Waals surface area contributed by atoms with E-state index >= 15 is 4.79 Å². The lowest BCUT2D eigenvalue weighted by Crippen LogP contribution is -2.48. The van der Waals surface area contributed by atoms with Gasteiger partial charge in [0.15, 0.2) is 5.78 Å². The number of fused-ring (bicyclic) bond motifs is 3. The van der Waals surface area contributed by atoms with Gasteiger partial charge in [-0.25, -0.2) is 17.8 Å². The highest BCUT2D eigenvalue weighted by Crippen LogP contribution is 2.58. The first kappa shape index (κ1) is 42.0. The lowest BCUT2D eigenvalue weighted by Gasteiger charge is -2.35. The number of esters is 1. The molecule has 0 radical (unpaired) electrons. The molecule has 7 rings (SSSR count). The summed E-state index contributed by atoms with van der Waals surface area (Å²) in [4.78, 5) is 63.5. The van der Waals surface area contributed by atoms with Crippen molar-refractivity contribution in [2.24, 2.45) is 29.1 Å². The third-order valence-corrected chi connectivity index (χ3v) is 15.4. The molecule has 1 N–H and O–H groups in total. The second kappa shape index (κ2) is 16.5. The van der Waals surface area contributed by atoms with E-state index < -0.39 is 74.1 Å². The van der Waals surface area contributed by atoms with E-state index in [0.717, 1.165) is 11.8 Å². The van der Waals surface area contributed by atoms with Crippen molar-refractivity contribution in [1.29, 1.82) is 0 Å². The molecule has 1 aromatic carbocycles. The maximum atomic E-state index is 15.0. The van der Waals surface area contributed by atoms with Crippen molar-refractivity contribution >= 4 is 44.4 Å². The summed E-state index contributed by atoms with van der Waals surface area (Å²) in [6.45, 7) is 5.78. The number of amides is 2. The number of pyridine rings is 1. The number of ketones is 1. The van der Waals surface area contributed by atoms with Crippen LogP contribution in [0.4, 0.5) is 4.39 Å². The molecule has 15 heteroatoms. The molecule has 2 aliphatic carbocycles. The van der Waals surface area contributed by atoms with E-state index in [0.29, 0.717) is 55.9 Å². The molecule has 5 aliphatic rings. The number of benzene rings is 1. The van der Waals surface area contributed by atoms with Crippen molar-refractivity contribution < 1.29 is 50.9 Å². The Bertz CT molecular complexity index is 2050. The van der Waals surface area contributed by atoms with Crippen LogP contribution in [0.3, 0.4) is 0 Å². The van der Waals surface area contributed by atoms with Gasteiger partial charge in [0.05, 0.1) is 56.9 Å². The average Bonchev–Trinajstić information content (AvgIpc) is 4.10. The predicted octanol–water partition coefficient (Wildman–Crippen LogP) is 5.64. The molecule has 0 bridgehead atoms. The number of allylic oxidation sites excluding steroid dienone is 2. The van der Waals surface area contributed by atoms with Crippen LogP contribution < -0.4 is 14.2 Å². The quantitative estimate of drug-likeness (QED) is 0.233. The van der Waals surface area contributed by atoms with Gasteiger partial charge >= 0.3 is 5.97 Å². The van der Waals surface area contributed by atoms with Crippen LogP contribution >= 0.6 is 0 Å². The molecule has 1 aromatic heterocycles. The van der Waals surface area contributed by atoms with Gasteiger partial charge in [-0.2, -0.15) is 0 Å². The molecule has 4 heterocycles. The minimum atomic E-state index is -4.34. The molecule has 0 spiro atoms. The number of Topliss-reactive ketones (excluding diaryl/α,β-unsaturated/α-hetero) is 1. The number of hydrogen-bond acceptors (Lipinski definition) is 11. The summed E-state index contributed by atoms with van der Waals surface area (Å²) in [5, 5.41) is 1.45. The van der Waals surface area contributed by atoms with Crippen LogP contribution in [-0.4, -0.2) is 97.9 Å². The highest BCUT2D eigenvalue weighted by Gasteiger charge is 2.63. The van der Waals surface area contributed by atoms with E-state index in [4.69, 9.17) is 18.9 Å². The fourth-order valence-corrected chi connectivity index (χ4v) is 10.6. The van der Waals surface area contributed by atoms with Crippen LogP contribution in [0.25, 0.3) is 10.8 Å². The molecule has 4 fully saturated rings. The van der Waals surface area contributed by atoms with Crippen LogP contribution in [0.5, 0.6) is 11.6 Å². The largest absolute Gasteiger partial charge is 0.494 e. The Balaban J connectivity index is 1.21. The zero-order valence-electron chi connectivity index (χ0n) is 33.9. The monoisotopic (exact) mass is 825 g/mol. The molecule has 3 aliphatic heterocycles. The number of aromatic nitrogens is 1. The lowest BCUT2D eigenvalue weighted by molar-refractivity contribution is -0.170. The standard InChI is InChI=1S/C43H56FN3O10S/c1-27-9-5-6-10-29-22-43(29,40(51)46-58(52,53)42(26-44)13-14-42)23-35(48)34-20-30(56-38-32-12-8-7-11-31(32)36(54-4)24-45-38)25-47(34)39(50)33(28(2)19-27)21-37(49)57-41(3)15-17-55-18-16-41/h6-8,10-12,24,27-30,33-34H,5,9,13-23,25-26H2,1-4H3,(H,46,51)/b10-6-/t27-,28-,29-,30-,33+,34+,43-/m1/s1. The van der Waals surface area contributed by atoms with Gasteiger partial charge in [0, 0.05) is 36.5 Å². The van der Waals surface area contributed by atoms with Crippen molar-refractivity contribution in [1.82, 2.24) is 14.6 Å². The molecular formula is C43H56FN3O10S. The number of nitrogens with zero attached hydrogens (tertiary/aromatic N) is 2. The van der Waals surface area contributed by atoms with Crippen LogP contribution in [0.1, 0.15) is 91.4 Å². The highest BCUT2D eigenvalue weighted by atomic mass is 32.2. The first-order valence-corrected chi connectivity index (χ1v) is 22.1. The minimum Gasteiger partial charge on any atom is -0.494 e. The Labute approximate surface area is 339 Å². The van der Waals surface area contributed by atoms with Gasteiger partial charge in [-0.1, -0.05) is 44.2 Å². The van der Waals surface area contributed by atoms with Crippen molar-refractivity contribution in [2.45, 2.75) is 114 Å². The number of hydrogen-bond donors (Lipinski definition) is 1. The number of halogens is 1. The molecular weight excluding hydrogens is 770 g/mol. The highest BCUT2D eigenvalue weighted by molar-refractivity contribution is 7.91. The first-order chi connectivity index (χ1) is 27.6. The van der Waals surface area contributed by atoms with E-state index in [1.54, 1.807) is 13.3 Å². The number of rotatable bonds is 10. The van der Waals surface area contributed by atoms with E-state index in [-0.39, 0.29) is 62.8 Å². The number of sulfonamides is 1. The molecule has 2 saturated heterocycles. The fourth-order valence-electron chi connectivity index (χ4n) is 9.20. The van der Waals surface area contributed by atoms with Gasteiger partial charge in [-0.3, -0.25) is 23.9 Å². The van der Waals surface area contributed by atoms with Gasteiger partial charge in [0.1, 0.15) is 28.9 Å². The summed E-state index contributed by atoms with van der Waals surface area (Å²) in [7, 11) is -2.79. The summed E-state index contributed by atoms with van der Waals surface area (Å²) in [5.74, 6) is -2.61. The maximum absolute atomic E-state index is 15.0. The molecule has 316 valence electrons. The number of methoxy groups -OCH3 is 1. The number of alkyl halides is 1. The first-order valence-electron chi connectivity index (χ1n) is 20.6. The normalized spacial score (nSPS) is 31.5. The zero-order chi connectivity index (χ0) is 41.5.